The minimum atomic E-state index is 0.184. The average Bonchev–Trinajstić information content (AvgIpc) is 2.65. The lowest BCUT2D eigenvalue weighted by molar-refractivity contribution is 0.0845. The van der Waals surface area contributed by atoms with Crippen LogP contribution in [0.4, 0.5) is 0 Å². The van der Waals surface area contributed by atoms with Crippen molar-refractivity contribution in [1.29, 1.82) is 0 Å². The molecule has 1 rings (SSSR count). The molecule has 0 N–H and O–H groups in total. The zero-order valence-corrected chi connectivity index (χ0v) is 11.1. The Labute approximate surface area is 101 Å². The van der Waals surface area contributed by atoms with E-state index in [1.54, 1.807) is 18.4 Å². The van der Waals surface area contributed by atoms with Crippen molar-refractivity contribution in [3.8, 4) is 0 Å². The molecule has 0 aliphatic heterocycles. The molecule has 0 aromatic carbocycles. The van der Waals surface area contributed by atoms with E-state index in [0.717, 1.165) is 4.88 Å². The summed E-state index contributed by atoms with van der Waals surface area (Å²) in [5.74, 6) is 0.184. The molecule has 1 aromatic heterocycles. The maximum Gasteiger partial charge on any atom is 0.186 e. The van der Waals surface area contributed by atoms with Crippen molar-refractivity contribution in [2.75, 3.05) is 27.3 Å². The van der Waals surface area contributed by atoms with Gasteiger partial charge in [0.1, 0.15) is 0 Å². The van der Waals surface area contributed by atoms with Crippen molar-refractivity contribution in [3.63, 3.8) is 0 Å². The van der Waals surface area contributed by atoms with Gasteiger partial charge in [0, 0.05) is 18.0 Å². The van der Waals surface area contributed by atoms with Crippen LogP contribution in [0, 0.1) is 6.92 Å². The van der Waals surface area contributed by atoms with Crippen molar-refractivity contribution < 1.29 is 9.53 Å². The molecule has 0 fully saturated rings. The number of likely N-dealkylation sites (N-methyl/N-ethyl adjacent to an activating group) is 1. The van der Waals surface area contributed by atoms with Crippen LogP contribution >= 0.6 is 11.3 Å². The lowest BCUT2D eigenvalue weighted by Gasteiger charge is -2.22. The maximum atomic E-state index is 11.9. The van der Waals surface area contributed by atoms with Crippen LogP contribution in [0.15, 0.2) is 12.1 Å². The summed E-state index contributed by atoms with van der Waals surface area (Å²) in [7, 11) is 3.62. The van der Waals surface area contributed by atoms with Gasteiger partial charge in [0.05, 0.1) is 18.0 Å². The van der Waals surface area contributed by atoms with Gasteiger partial charge in [0.15, 0.2) is 5.78 Å². The number of hydrogen-bond acceptors (Lipinski definition) is 4. The lowest BCUT2D eigenvalue weighted by atomic mass is 10.2. The number of Topliss-reactive ketones (excluding diaryl/α,β-unsaturated/α-hetero) is 1. The summed E-state index contributed by atoms with van der Waals surface area (Å²) in [6.07, 6.45) is 0. The van der Waals surface area contributed by atoms with Crippen LogP contribution in [-0.4, -0.2) is 44.0 Å². The number of rotatable bonds is 6. The maximum absolute atomic E-state index is 11.9. The third kappa shape index (κ3) is 3.70. The third-order valence-electron chi connectivity index (χ3n) is 2.57. The first kappa shape index (κ1) is 13.4. The Balaban J connectivity index is 2.51. The minimum absolute atomic E-state index is 0.184. The Morgan fingerprint density at radius 2 is 2.25 bits per heavy atom. The van der Waals surface area contributed by atoms with Crippen LogP contribution in [0.25, 0.3) is 0 Å². The fourth-order valence-electron chi connectivity index (χ4n) is 1.41. The summed E-state index contributed by atoms with van der Waals surface area (Å²) in [5.41, 5.74) is 0. The van der Waals surface area contributed by atoms with Crippen LogP contribution in [0.1, 0.15) is 21.5 Å². The van der Waals surface area contributed by atoms with Gasteiger partial charge in [0.25, 0.3) is 0 Å². The molecule has 1 heterocycles. The predicted molar refractivity (Wildman–Crippen MR) is 67.4 cm³/mol. The number of ether oxygens (including phenoxy) is 1. The molecular formula is C12H19NO2S. The third-order valence-corrected chi connectivity index (χ3v) is 3.61. The predicted octanol–water partition coefficient (Wildman–Crippen LogP) is 2.21. The number of carbonyl (C=O) groups excluding carboxylic acids is 1. The van der Waals surface area contributed by atoms with Crippen molar-refractivity contribution >= 4 is 17.1 Å². The van der Waals surface area contributed by atoms with Crippen molar-refractivity contribution in [3.05, 3.63) is 21.9 Å². The molecule has 3 nitrogen and oxygen atoms in total. The van der Waals surface area contributed by atoms with E-state index in [1.807, 2.05) is 31.0 Å². The van der Waals surface area contributed by atoms with Gasteiger partial charge >= 0.3 is 0 Å². The molecule has 90 valence electrons. The van der Waals surface area contributed by atoms with E-state index in [1.165, 1.54) is 4.88 Å². The molecule has 1 unspecified atom stereocenters. The van der Waals surface area contributed by atoms with Gasteiger partial charge in [-0.25, -0.2) is 0 Å². The quantitative estimate of drug-likeness (QED) is 0.715. The van der Waals surface area contributed by atoms with E-state index >= 15 is 0 Å². The number of methoxy groups -OCH3 is 1. The Hall–Kier alpha value is -0.710. The largest absolute Gasteiger partial charge is 0.383 e. The van der Waals surface area contributed by atoms with Gasteiger partial charge in [-0.2, -0.15) is 0 Å². The molecule has 1 aromatic rings. The van der Waals surface area contributed by atoms with E-state index in [-0.39, 0.29) is 11.8 Å². The van der Waals surface area contributed by atoms with Crippen LogP contribution in [-0.2, 0) is 4.74 Å². The van der Waals surface area contributed by atoms with E-state index in [0.29, 0.717) is 13.2 Å². The molecule has 16 heavy (non-hydrogen) atoms. The Kier molecular flexibility index (Phi) is 5.12. The van der Waals surface area contributed by atoms with Crippen molar-refractivity contribution in [2.45, 2.75) is 19.9 Å². The van der Waals surface area contributed by atoms with Crippen LogP contribution in [0.2, 0.25) is 0 Å². The Morgan fingerprint density at radius 3 is 2.75 bits per heavy atom. The number of carbonyl (C=O) groups is 1. The summed E-state index contributed by atoms with van der Waals surface area (Å²) in [6, 6.07) is 4.14. The molecule has 0 spiro atoms. The second kappa shape index (κ2) is 6.13. The molecule has 0 saturated carbocycles. The first-order valence-corrected chi connectivity index (χ1v) is 6.15. The monoisotopic (exact) mass is 241 g/mol. The molecule has 4 heteroatoms. The highest BCUT2D eigenvalue weighted by molar-refractivity contribution is 7.14. The standard InChI is InChI=1S/C12H19NO2S/c1-9(8-15-4)13(3)7-11(14)12-6-5-10(2)16-12/h5-6,9H,7-8H2,1-4H3. The van der Waals surface area contributed by atoms with Gasteiger partial charge < -0.3 is 4.74 Å². The highest BCUT2D eigenvalue weighted by Crippen LogP contribution is 2.16. The Morgan fingerprint density at radius 1 is 1.56 bits per heavy atom. The fraction of sp³-hybridized carbons (Fsp3) is 0.583. The topological polar surface area (TPSA) is 29.5 Å². The van der Waals surface area contributed by atoms with E-state index in [4.69, 9.17) is 4.74 Å². The number of nitrogens with zero attached hydrogens (tertiary/aromatic N) is 1. The minimum Gasteiger partial charge on any atom is -0.383 e. The first-order chi connectivity index (χ1) is 7.54. The first-order valence-electron chi connectivity index (χ1n) is 5.33. The molecule has 0 saturated heterocycles. The van der Waals surface area contributed by atoms with Crippen LogP contribution in [0.3, 0.4) is 0 Å². The van der Waals surface area contributed by atoms with Crippen LogP contribution in [0.5, 0.6) is 0 Å². The smallest absolute Gasteiger partial charge is 0.186 e. The summed E-state index contributed by atoms with van der Waals surface area (Å²) in [5, 5.41) is 0. The van der Waals surface area contributed by atoms with Gasteiger partial charge in [-0.05, 0) is 33.0 Å². The number of ketones is 1. The number of aryl methyl sites for hydroxylation is 1. The molecule has 1 atom stereocenters. The van der Waals surface area contributed by atoms with Crippen molar-refractivity contribution in [1.82, 2.24) is 4.90 Å². The zero-order chi connectivity index (χ0) is 12.1. The lowest BCUT2D eigenvalue weighted by Crippen LogP contribution is -2.36. The highest BCUT2D eigenvalue weighted by atomic mass is 32.1. The number of thiophene rings is 1. The van der Waals surface area contributed by atoms with E-state index < -0.39 is 0 Å². The fourth-order valence-corrected chi connectivity index (χ4v) is 2.21. The summed E-state index contributed by atoms with van der Waals surface area (Å²) < 4.78 is 5.07. The normalized spacial score (nSPS) is 13.1. The molecule has 0 amide bonds. The SMILES string of the molecule is COCC(C)N(C)CC(=O)c1ccc(C)s1. The van der Waals surface area contributed by atoms with Gasteiger partial charge in [0.2, 0.25) is 0 Å². The van der Waals surface area contributed by atoms with Gasteiger partial charge in [-0.1, -0.05) is 0 Å². The molecular weight excluding hydrogens is 222 g/mol. The molecule has 0 aliphatic carbocycles. The summed E-state index contributed by atoms with van der Waals surface area (Å²) in [6.45, 7) is 5.16. The van der Waals surface area contributed by atoms with E-state index in [9.17, 15) is 4.79 Å². The highest BCUT2D eigenvalue weighted by Gasteiger charge is 2.15. The molecule has 0 bridgehead atoms. The van der Waals surface area contributed by atoms with E-state index in [2.05, 4.69) is 6.92 Å². The van der Waals surface area contributed by atoms with Gasteiger partial charge in [-0.3, -0.25) is 9.69 Å². The second-order valence-corrected chi connectivity index (χ2v) is 5.34. The Bertz CT molecular complexity index is 349. The zero-order valence-electron chi connectivity index (χ0n) is 10.3. The molecule has 0 radical (unpaired) electrons. The summed E-state index contributed by atoms with van der Waals surface area (Å²) >= 11 is 1.56. The van der Waals surface area contributed by atoms with Gasteiger partial charge in [-0.15, -0.1) is 11.3 Å². The average molecular weight is 241 g/mol. The summed E-state index contributed by atoms with van der Waals surface area (Å²) in [4.78, 5) is 15.9. The van der Waals surface area contributed by atoms with Crippen molar-refractivity contribution in [2.24, 2.45) is 0 Å². The molecule has 0 aliphatic rings. The second-order valence-electron chi connectivity index (χ2n) is 4.05. The van der Waals surface area contributed by atoms with Crippen LogP contribution < -0.4 is 0 Å². The number of hydrogen-bond donors (Lipinski definition) is 0.